The predicted molar refractivity (Wildman–Crippen MR) is 77.1 cm³/mol. The van der Waals surface area contributed by atoms with Crippen LogP contribution in [0.4, 0.5) is 5.82 Å². The summed E-state index contributed by atoms with van der Waals surface area (Å²) in [5.74, 6) is 5.87. The minimum atomic E-state index is 0.00282. The number of aromatic nitrogens is 1. The highest BCUT2D eigenvalue weighted by atomic mass is 16.2. The second kappa shape index (κ2) is 5.38. The lowest BCUT2D eigenvalue weighted by Crippen LogP contribution is -2.40. The summed E-state index contributed by atoms with van der Waals surface area (Å²) in [6, 6.07) is 6.40. The van der Waals surface area contributed by atoms with E-state index in [0.717, 1.165) is 19.5 Å². The number of hydrazine groups is 1. The van der Waals surface area contributed by atoms with Gasteiger partial charge in [0, 0.05) is 25.2 Å². The number of nitrogens with zero attached hydrogens (tertiary/aromatic N) is 3. The number of hydrogen-bond donors (Lipinski definition) is 2. The number of amides is 1. The Hall–Kier alpha value is -1.66. The minimum absolute atomic E-state index is 0.00282. The molecule has 0 saturated carbocycles. The van der Waals surface area contributed by atoms with Crippen molar-refractivity contribution in [1.29, 1.82) is 0 Å². The van der Waals surface area contributed by atoms with Crippen molar-refractivity contribution in [3.05, 3.63) is 23.9 Å². The molecule has 1 aromatic rings. The van der Waals surface area contributed by atoms with Gasteiger partial charge in [0.1, 0.15) is 11.5 Å². The molecule has 3 heterocycles. The van der Waals surface area contributed by atoms with Crippen LogP contribution in [0.1, 0.15) is 29.8 Å². The van der Waals surface area contributed by atoms with Gasteiger partial charge in [-0.3, -0.25) is 9.69 Å². The van der Waals surface area contributed by atoms with E-state index in [1.54, 1.807) is 18.2 Å². The topological polar surface area (TPSA) is 74.5 Å². The van der Waals surface area contributed by atoms with E-state index in [-0.39, 0.29) is 5.91 Å². The lowest BCUT2D eigenvalue weighted by Gasteiger charge is -2.25. The van der Waals surface area contributed by atoms with Gasteiger partial charge >= 0.3 is 0 Å². The number of anilines is 1. The zero-order valence-electron chi connectivity index (χ0n) is 11.7. The molecule has 1 aromatic heterocycles. The quantitative estimate of drug-likeness (QED) is 0.613. The molecule has 2 saturated heterocycles. The van der Waals surface area contributed by atoms with Crippen molar-refractivity contribution < 1.29 is 4.79 Å². The molecule has 2 bridgehead atoms. The van der Waals surface area contributed by atoms with Gasteiger partial charge in [0.05, 0.1) is 0 Å². The van der Waals surface area contributed by atoms with Crippen LogP contribution in [0.25, 0.3) is 0 Å². The molecule has 2 aliphatic heterocycles. The van der Waals surface area contributed by atoms with Crippen molar-refractivity contribution in [3.63, 3.8) is 0 Å². The predicted octanol–water partition coefficient (Wildman–Crippen LogP) is 0.676. The van der Waals surface area contributed by atoms with Crippen LogP contribution >= 0.6 is 0 Å². The lowest BCUT2D eigenvalue weighted by atomic mass is 10.1. The van der Waals surface area contributed by atoms with Crippen LogP contribution in [0.5, 0.6) is 0 Å². The monoisotopic (exact) mass is 275 g/mol. The average Bonchev–Trinajstić information content (AvgIpc) is 2.71. The van der Waals surface area contributed by atoms with E-state index in [0.29, 0.717) is 23.6 Å². The van der Waals surface area contributed by atoms with E-state index in [1.165, 1.54) is 12.8 Å². The van der Waals surface area contributed by atoms with Gasteiger partial charge in [-0.1, -0.05) is 6.07 Å². The largest absolute Gasteiger partial charge is 0.336 e. The molecular weight excluding hydrogens is 254 g/mol. The normalized spacial score (nSPS) is 26.4. The summed E-state index contributed by atoms with van der Waals surface area (Å²) in [6.45, 7) is 1.61. The summed E-state index contributed by atoms with van der Waals surface area (Å²) < 4.78 is 0. The Bertz CT molecular complexity index is 506. The number of hydrogen-bond acceptors (Lipinski definition) is 5. The molecule has 6 heteroatoms. The molecule has 2 unspecified atom stereocenters. The molecule has 3 rings (SSSR count). The molecule has 3 N–H and O–H groups in total. The Morgan fingerprint density at radius 2 is 2.15 bits per heavy atom. The van der Waals surface area contributed by atoms with Gasteiger partial charge in [0.2, 0.25) is 0 Å². The average molecular weight is 275 g/mol. The lowest BCUT2D eigenvalue weighted by molar-refractivity contribution is 0.0734. The van der Waals surface area contributed by atoms with Gasteiger partial charge < -0.3 is 10.3 Å². The van der Waals surface area contributed by atoms with E-state index in [2.05, 4.69) is 22.4 Å². The van der Waals surface area contributed by atoms with Crippen LogP contribution in [-0.4, -0.2) is 52.9 Å². The smallest absolute Gasteiger partial charge is 0.272 e. The molecule has 0 spiro atoms. The number of pyridine rings is 1. The molecule has 0 aliphatic carbocycles. The van der Waals surface area contributed by atoms with Gasteiger partial charge in [0.15, 0.2) is 0 Å². The minimum Gasteiger partial charge on any atom is -0.336 e. The zero-order valence-corrected chi connectivity index (χ0v) is 11.7. The van der Waals surface area contributed by atoms with E-state index in [4.69, 9.17) is 5.84 Å². The van der Waals surface area contributed by atoms with Crippen LogP contribution in [0.15, 0.2) is 18.2 Å². The third kappa shape index (κ3) is 2.36. The standard InChI is InChI=1S/C14H21N5O/c1-18-10-5-6-11(18)9-19(8-7-10)14(20)12-3-2-4-13(16-12)17-15/h2-4,10-11H,5-9,15H2,1H3,(H,16,17). The molecule has 6 nitrogen and oxygen atoms in total. The van der Waals surface area contributed by atoms with Crippen molar-refractivity contribution in [2.45, 2.75) is 31.3 Å². The first kappa shape index (κ1) is 13.3. The fourth-order valence-electron chi connectivity index (χ4n) is 3.29. The van der Waals surface area contributed by atoms with Gasteiger partial charge in [-0.25, -0.2) is 10.8 Å². The van der Waals surface area contributed by atoms with E-state index in [9.17, 15) is 4.79 Å². The maximum Gasteiger partial charge on any atom is 0.272 e. The Morgan fingerprint density at radius 3 is 2.95 bits per heavy atom. The molecule has 20 heavy (non-hydrogen) atoms. The third-order valence-electron chi connectivity index (χ3n) is 4.55. The Labute approximate surface area is 118 Å². The van der Waals surface area contributed by atoms with Crippen molar-refractivity contribution in [1.82, 2.24) is 14.8 Å². The van der Waals surface area contributed by atoms with Crippen molar-refractivity contribution in [2.75, 3.05) is 25.6 Å². The third-order valence-corrected chi connectivity index (χ3v) is 4.55. The van der Waals surface area contributed by atoms with Gasteiger partial charge in [-0.05, 0) is 38.4 Å². The van der Waals surface area contributed by atoms with Gasteiger partial charge in [-0.2, -0.15) is 0 Å². The van der Waals surface area contributed by atoms with E-state index in [1.807, 2.05) is 4.90 Å². The molecule has 0 aromatic carbocycles. The number of nitrogen functional groups attached to an aromatic ring is 1. The summed E-state index contributed by atoms with van der Waals surface area (Å²) in [5, 5.41) is 0. The number of nitrogens with two attached hydrogens (primary N) is 1. The maximum absolute atomic E-state index is 12.6. The van der Waals surface area contributed by atoms with Crippen LogP contribution in [-0.2, 0) is 0 Å². The number of carbonyl (C=O) groups is 1. The Kier molecular flexibility index (Phi) is 3.58. The summed E-state index contributed by atoms with van der Waals surface area (Å²) in [7, 11) is 2.17. The number of carbonyl (C=O) groups excluding carboxylic acids is 1. The highest BCUT2D eigenvalue weighted by molar-refractivity contribution is 5.92. The number of likely N-dealkylation sites (tertiary alicyclic amines) is 1. The van der Waals surface area contributed by atoms with Crippen LogP contribution in [0.2, 0.25) is 0 Å². The van der Waals surface area contributed by atoms with Crippen LogP contribution in [0, 0.1) is 0 Å². The zero-order chi connectivity index (χ0) is 14.1. The summed E-state index contributed by atoms with van der Waals surface area (Å²) in [4.78, 5) is 21.2. The molecule has 1 amide bonds. The van der Waals surface area contributed by atoms with Crippen molar-refractivity contribution in [2.24, 2.45) is 5.84 Å². The Balaban J connectivity index is 1.77. The molecule has 0 radical (unpaired) electrons. The second-order valence-electron chi connectivity index (χ2n) is 5.64. The van der Waals surface area contributed by atoms with E-state index < -0.39 is 0 Å². The molecule has 2 fully saturated rings. The molecule has 108 valence electrons. The summed E-state index contributed by atoms with van der Waals surface area (Å²) >= 11 is 0. The first-order valence-corrected chi connectivity index (χ1v) is 7.14. The van der Waals surface area contributed by atoms with Gasteiger partial charge in [-0.15, -0.1) is 0 Å². The summed E-state index contributed by atoms with van der Waals surface area (Å²) in [5.41, 5.74) is 2.94. The first-order chi connectivity index (χ1) is 9.69. The number of nitrogens with one attached hydrogen (secondary N) is 1. The number of likely N-dealkylation sites (N-methyl/N-ethyl adjacent to an activating group) is 1. The SMILES string of the molecule is CN1C2CCC1CN(C(=O)c1cccc(NN)n1)CC2. The van der Waals surface area contributed by atoms with Crippen LogP contribution in [0.3, 0.4) is 0 Å². The second-order valence-corrected chi connectivity index (χ2v) is 5.64. The maximum atomic E-state index is 12.6. The fraction of sp³-hybridized carbons (Fsp3) is 0.571. The Morgan fingerprint density at radius 1 is 1.35 bits per heavy atom. The van der Waals surface area contributed by atoms with Crippen LogP contribution < -0.4 is 11.3 Å². The summed E-state index contributed by atoms with van der Waals surface area (Å²) in [6.07, 6.45) is 3.49. The fourth-order valence-corrected chi connectivity index (χ4v) is 3.29. The van der Waals surface area contributed by atoms with E-state index >= 15 is 0 Å². The molecule has 2 aliphatic rings. The first-order valence-electron chi connectivity index (χ1n) is 7.14. The highest BCUT2D eigenvalue weighted by Crippen LogP contribution is 2.28. The number of rotatable bonds is 2. The molecule has 2 atom stereocenters. The highest BCUT2D eigenvalue weighted by Gasteiger charge is 2.36. The van der Waals surface area contributed by atoms with Crippen molar-refractivity contribution in [3.8, 4) is 0 Å². The van der Waals surface area contributed by atoms with Crippen molar-refractivity contribution >= 4 is 11.7 Å². The van der Waals surface area contributed by atoms with Gasteiger partial charge in [0.25, 0.3) is 5.91 Å². The molecular formula is C14H21N5O. The number of fused-ring (bicyclic) bond motifs is 2.